The average Bonchev–Trinajstić information content (AvgIpc) is 3.52. The van der Waals surface area contributed by atoms with Crippen molar-refractivity contribution in [2.24, 2.45) is 5.73 Å². The Bertz CT molecular complexity index is 1130. The molecular weight excluding hydrogens is 488 g/mol. The lowest BCUT2D eigenvalue weighted by Gasteiger charge is -2.24. The monoisotopic (exact) mass is 518 g/mol. The van der Waals surface area contributed by atoms with Gasteiger partial charge in [0.1, 0.15) is 18.1 Å². The summed E-state index contributed by atoms with van der Waals surface area (Å²) in [5.74, 6) is -4.18. The van der Waals surface area contributed by atoms with E-state index in [1.54, 1.807) is 6.20 Å². The molecule has 2 aromatic rings. The molecule has 1 fully saturated rings. The minimum absolute atomic E-state index is 0.0158. The van der Waals surface area contributed by atoms with E-state index >= 15 is 0 Å². The number of carbonyl (C=O) groups is 5. The highest BCUT2D eigenvalue weighted by Crippen LogP contribution is 2.19. The van der Waals surface area contributed by atoms with E-state index in [4.69, 9.17) is 5.73 Å². The van der Waals surface area contributed by atoms with Crippen LogP contribution in [0.4, 0.5) is 0 Å². The van der Waals surface area contributed by atoms with Crippen LogP contribution in [0.3, 0.4) is 0 Å². The Hall–Kier alpha value is -3.58. The quantitative estimate of drug-likeness (QED) is 0.162. The third-order valence-corrected chi connectivity index (χ3v) is 6.31. The second-order valence-corrected chi connectivity index (χ2v) is 8.95. The molecule has 0 spiro atoms. The second-order valence-electron chi connectivity index (χ2n) is 8.59. The summed E-state index contributed by atoms with van der Waals surface area (Å²) < 4.78 is 0. The molecule has 1 aliphatic heterocycles. The number of hydrogen-bond donors (Lipinski definition) is 8. The lowest BCUT2D eigenvalue weighted by atomic mass is 10.0. The first kappa shape index (κ1) is 27.0. The summed E-state index contributed by atoms with van der Waals surface area (Å²) in [6, 6.07) is 3.15. The van der Waals surface area contributed by atoms with E-state index in [0.717, 1.165) is 17.3 Å². The largest absolute Gasteiger partial charge is 0.480 e. The minimum atomic E-state index is -1.56. The molecule has 1 aliphatic rings. The Balaban J connectivity index is 1.79. The maximum Gasteiger partial charge on any atom is 0.326 e. The zero-order valence-electron chi connectivity index (χ0n) is 19.5. The van der Waals surface area contributed by atoms with Crippen LogP contribution in [-0.4, -0.2) is 76.2 Å². The molecular formula is C23H30N6O6S. The third-order valence-electron chi connectivity index (χ3n) is 5.94. The van der Waals surface area contributed by atoms with Crippen molar-refractivity contribution in [3.05, 3.63) is 36.0 Å². The predicted molar refractivity (Wildman–Crippen MR) is 134 cm³/mol. The summed E-state index contributed by atoms with van der Waals surface area (Å²) in [5.41, 5.74) is 6.63. The number of nitrogens with two attached hydrogens (primary N) is 1. The molecule has 1 aromatic carbocycles. The molecule has 1 aromatic heterocycles. The molecule has 0 aliphatic carbocycles. The van der Waals surface area contributed by atoms with Crippen LogP contribution in [0.25, 0.3) is 10.9 Å². The smallest absolute Gasteiger partial charge is 0.326 e. The van der Waals surface area contributed by atoms with Gasteiger partial charge in [-0.3, -0.25) is 19.2 Å². The zero-order valence-corrected chi connectivity index (χ0v) is 20.3. The summed E-state index contributed by atoms with van der Waals surface area (Å²) in [7, 11) is 0. The van der Waals surface area contributed by atoms with E-state index in [1.165, 1.54) is 0 Å². The molecule has 0 saturated carbocycles. The molecule has 12 nitrogen and oxygen atoms in total. The number of aromatic nitrogens is 1. The number of aromatic amines is 1. The number of rotatable bonds is 12. The van der Waals surface area contributed by atoms with E-state index in [-0.39, 0.29) is 18.1 Å². The van der Waals surface area contributed by atoms with Gasteiger partial charge in [-0.2, -0.15) is 12.6 Å². The summed E-state index contributed by atoms with van der Waals surface area (Å²) in [5, 5.41) is 20.8. The summed E-state index contributed by atoms with van der Waals surface area (Å²) >= 11 is 4.17. The molecule has 4 unspecified atom stereocenters. The van der Waals surface area contributed by atoms with Crippen molar-refractivity contribution in [2.75, 3.05) is 12.3 Å². The van der Waals surface area contributed by atoms with E-state index < -0.39 is 54.3 Å². The van der Waals surface area contributed by atoms with Gasteiger partial charge in [-0.25, -0.2) is 4.79 Å². The first-order valence-electron chi connectivity index (χ1n) is 11.5. The normalized spacial score (nSPS) is 17.6. The first-order valence-corrected chi connectivity index (χ1v) is 12.1. The van der Waals surface area contributed by atoms with Crippen LogP contribution in [-0.2, 0) is 30.4 Å². The summed E-state index contributed by atoms with van der Waals surface area (Å²) in [6.07, 6.45) is 2.59. The van der Waals surface area contributed by atoms with Crippen molar-refractivity contribution in [3.63, 3.8) is 0 Å². The lowest BCUT2D eigenvalue weighted by molar-refractivity contribution is -0.143. The molecule has 0 bridgehead atoms. The van der Waals surface area contributed by atoms with Crippen LogP contribution in [0.2, 0.25) is 0 Å². The Morgan fingerprint density at radius 1 is 1.06 bits per heavy atom. The number of thiol groups is 1. The Kier molecular flexibility index (Phi) is 9.31. The van der Waals surface area contributed by atoms with Crippen molar-refractivity contribution >= 4 is 53.1 Å². The third kappa shape index (κ3) is 6.98. The number of benzene rings is 1. The van der Waals surface area contributed by atoms with Crippen LogP contribution in [0.5, 0.6) is 0 Å². The van der Waals surface area contributed by atoms with Gasteiger partial charge >= 0.3 is 5.97 Å². The van der Waals surface area contributed by atoms with Gasteiger partial charge in [0, 0.05) is 29.3 Å². The predicted octanol–water partition coefficient (Wildman–Crippen LogP) is -1.19. The number of para-hydroxylation sites is 1. The maximum atomic E-state index is 13.1. The second kappa shape index (κ2) is 12.4. The standard InChI is InChI=1S/C23H30N6O6S/c24-19(30)9-17(23(34)35)28-21(32)16(8-12-10-26-14-5-2-1-4-13(12)14)27-22(33)18(11-36)29-20(31)15-6-3-7-25-15/h1-2,4-5,10,15-18,25-26,36H,3,6-9,11H2,(H2,24,30)(H,27,33)(H,28,32)(H,29,31)(H,34,35). The van der Waals surface area contributed by atoms with Gasteiger partial charge in [-0.15, -0.1) is 0 Å². The van der Waals surface area contributed by atoms with Crippen molar-refractivity contribution in [1.82, 2.24) is 26.3 Å². The van der Waals surface area contributed by atoms with Crippen molar-refractivity contribution in [2.45, 2.75) is 49.9 Å². The average molecular weight is 519 g/mol. The molecule has 3 rings (SSSR count). The van der Waals surface area contributed by atoms with Gasteiger partial charge in [0.2, 0.25) is 23.6 Å². The van der Waals surface area contributed by atoms with Crippen molar-refractivity contribution in [1.29, 1.82) is 0 Å². The van der Waals surface area contributed by atoms with Crippen LogP contribution < -0.4 is 27.0 Å². The SMILES string of the molecule is NC(=O)CC(NC(=O)C(Cc1c[nH]c2ccccc12)NC(=O)C(CS)NC(=O)C1CCCN1)C(=O)O. The van der Waals surface area contributed by atoms with E-state index in [1.807, 2.05) is 24.3 Å². The first-order chi connectivity index (χ1) is 17.2. The van der Waals surface area contributed by atoms with Gasteiger partial charge in [-0.1, -0.05) is 18.2 Å². The number of H-pyrrole nitrogens is 1. The highest BCUT2D eigenvalue weighted by Gasteiger charge is 2.32. The van der Waals surface area contributed by atoms with Crippen LogP contribution in [0.1, 0.15) is 24.8 Å². The van der Waals surface area contributed by atoms with Gasteiger partial charge in [0.25, 0.3) is 0 Å². The van der Waals surface area contributed by atoms with Crippen LogP contribution in [0.15, 0.2) is 30.5 Å². The molecule has 36 heavy (non-hydrogen) atoms. The molecule has 194 valence electrons. The van der Waals surface area contributed by atoms with Gasteiger partial charge in [0.05, 0.1) is 12.5 Å². The molecule has 4 atom stereocenters. The fourth-order valence-electron chi connectivity index (χ4n) is 4.05. The molecule has 2 heterocycles. The maximum absolute atomic E-state index is 13.1. The van der Waals surface area contributed by atoms with Gasteiger partial charge in [0.15, 0.2) is 0 Å². The van der Waals surface area contributed by atoms with Crippen LogP contribution in [0, 0.1) is 0 Å². The number of carbonyl (C=O) groups excluding carboxylic acids is 4. The zero-order chi connectivity index (χ0) is 26.2. The molecule has 8 N–H and O–H groups in total. The number of hydrogen-bond acceptors (Lipinski definition) is 7. The van der Waals surface area contributed by atoms with Gasteiger partial charge < -0.3 is 37.1 Å². The number of carboxylic acids is 1. The summed E-state index contributed by atoms with van der Waals surface area (Å²) in [4.78, 5) is 64.5. The number of fused-ring (bicyclic) bond motifs is 1. The minimum Gasteiger partial charge on any atom is -0.480 e. The highest BCUT2D eigenvalue weighted by molar-refractivity contribution is 7.80. The fraction of sp³-hybridized carbons (Fsp3) is 0.435. The highest BCUT2D eigenvalue weighted by atomic mass is 32.1. The Morgan fingerprint density at radius 2 is 1.75 bits per heavy atom. The number of aliphatic carboxylic acids is 1. The Labute approximate surface area is 212 Å². The summed E-state index contributed by atoms with van der Waals surface area (Å²) in [6.45, 7) is 0.707. The molecule has 13 heteroatoms. The molecule has 1 saturated heterocycles. The van der Waals surface area contributed by atoms with E-state index in [2.05, 4.69) is 38.9 Å². The number of carboxylic acid groups (broad SMARTS) is 1. The molecule has 4 amide bonds. The van der Waals surface area contributed by atoms with E-state index in [0.29, 0.717) is 18.5 Å². The number of amides is 4. The van der Waals surface area contributed by atoms with Crippen molar-refractivity contribution in [3.8, 4) is 0 Å². The molecule has 0 radical (unpaired) electrons. The number of primary amides is 1. The number of nitrogens with one attached hydrogen (secondary N) is 5. The van der Waals surface area contributed by atoms with E-state index in [9.17, 15) is 29.1 Å². The van der Waals surface area contributed by atoms with Crippen molar-refractivity contribution < 1.29 is 29.1 Å². The van der Waals surface area contributed by atoms with Gasteiger partial charge in [-0.05, 0) is 31.0 Å². The topological polar surface area (TPSA) is 196 Å². The lowest BCUT2D eigenvalue weighted by Crippen LogP contribution is -2.58. The van der Waals surface area contributed by atoms with Crippen LogP contribution >= 0.6 is 12.6 Å². The Morgan fingerprint density at radius 3 is 2.39 bits per heavy atom. The fourth-order valence-corrected chi connectivity index (χ4v) is 4.31.